The molecule has 1 aliphatic rings. The average Bonchev–Trinajstić information content (AvgIpc) is 3.03. The van der Waals surface area contributed by atoms with E-state index >= 15 is 0 Å². The van der Waals surface area contributed by atoms with Crippen LogP contribution in [-0.4, -0.2) is 52.2 Å². The normalized spacial score (nSPS) is 14.2. The summed E-state index contributed by atoms with van der Waals surface area (Å²) in [7, 11) is 1.56. The number of nitrogens with one attached hydrogen (secondary N) is 2. The fraction of sp³-hybridized carbons (Fsp3) is 0.312. The van der Waals surface area contributed by atoms with Crippen molar-refractivity contribution in [2.24, 2.45) is 16.7 Å². The average molecular weight is 342 g/mol. The molecule has 0 fully saturated rings. The predicted octanol–water partition coefficient (Wildman–Crippen LogP) is 0.222. The maximum absolute atomic E-state index is 12.4. The summed E-state index contributed by atoms with van der Waals surface area (Å²) in [5.74, 6) is 5.63. The van der Waals surface area contributed by atoms with E-state index in [1.165, 1.54) is 0 Å². The highest BCUT2D eigenvalue weighted by Crippen LogP contribution is 2.28. The van der Waals surface area contributed by atoms with E-state index in [0.717, 1.165) is 34.1 Å². The number of fused-ring (bicyclic) bond motifs is 1. The number of hydrogen-bond acceptors (Lipinski definition) is 5. The van der Waals surface area contributed by atoms with E-state index < -0.39 is 0 Å². The van der Waals surface area contributed by atoms with Gasteiger partial charge in [-0.25, -0.2) is 15.8 Å². The number of aromatic amines is 1. The Morgan fingerprint density at radius 3 is 2.92 bits per heavy atom. The molecule has 2 heterocycles. The minimum atomic E-state index is -0.191. The third kappa shape index (κ3) is 3.89. The van der Waals surface area contributed by atoms with Gasteiger partial charge in [-0.1, -0.05) is 30.3 Å². The Bertz CT molecular complexity index is 768. The molecule has 0 atom stereocenters. The van der Waals surface area contributed by atoms with E-state index in [1.807, 2.05) is 30.3 Å². The first kappa shape index (κ1) is 16.8. The van der Waals surface area contributed by atoms with Crippen molar-refractivity contribution < 1.29 is 4.79 Å². The van der Waals surface area contributed by atoms with E-state index in [4.69, 9.17) is 11.6 Å². The van der Waals surface area contributed by atoms with Crippen molar-refractivity contribution >= 4 is 11.9 Å². The first-order valence-corrected chi connectivity index (χ1v) is 8.00. The minimum Gasteiger partial charge on any atom is -0.384 e. The Labute approximate surface area is 145 Å². The van der Waals surface area contributed by atoms with Crippen molar-refractivity contribution in [1.29, 1.82) is 0 Å². The van der Waals surface area contributed by atoms with Crippen LogP contribution in [0.5, 0.6) is 0 Å². The number of nitrogens with zero attached hydrogens (tertiary/aromatic N) is 4. The quantitative estimate of drug-likeness (QED) is 0.273. The van der Waals surface area contributed by atoms with Crippen molar-refractivity contribution in [3.05, 3.63) is 41.6 Å². The molecule has 1 aromatic heterocycles. The number of hydrazine groups is 1. The summed E-state index contributed by atoms with van der Waals surface area (Å²) in [4.78, 5) is 14.1. The fourth-order valence-electron chi connectivity index (χ4n) is 2.82. The Morgan fingerprint density at radius 2 is 2.20 bits per heavy atom. The zero-order chi connectivity index (χ0) is 17.8. The summed E-state index contributed by atoms with van der Waals surface area (Å²) >= 11 is 0. The molecule has 1 aromatic carbocycles. The second-order valence-electron chi connectivity index (χ2n) is 5.89. The molecule has 25 heavy (non-hydrogen) atoms. The standard InChI is InChI=1S/C16H22N8O/c1-23(18)22-14(17)9-19-16(25)24-8-7-13-12(10-24)15(21-20-13)11-5-3-2-4-6-11/h2-6H,7-10,18H2,1H3,(H2,17,22)(H,19,25)(H,20,21). The molecule has 0 radical (unpaired) electrons. The van der Waals surface area contributed by atoms with Crippen LogP contribution in [0.4, 0.5) is 4.79 Å². The minimum absolute atomic E-state index is 0.140. The number of amidine groups is 1. The second kappa shape index (κ2) is 7.22. The molecule has 2 amide bonds. The lowest BCUT2D eigenvalue weighted by molar-refractivity contribution is 0.193. The smallest absolute Gasteiger partial charge is 0.318 e. The summed E-state index contributed by atoms with van der Waals surface area (Å²) in [6.45, 7) is 1.25. The zero-order valence-electron chi connectivity index (χ0n) is 14.1. The van der Waals surface area contributed by atoms with Crippen LogP contribution in [0.3, 0.4) is 0 Å². The highest BCUT2D eigenvalue weighted by Gasteiger charge is 2.25. The largest absolute Gasteiger partial charge is 0.384 e. The summed E-state index contributed by atoms with van der Waals surface area (Å²) in [5, 5.41) is 15.2. The number of rotatable bonds is 4. The van der Waals surface area contributed by atoms with Crippen molar-refractivity contribution in [2.75, 3.05) is 20.1 Å². The number of hydrazone groups is 1. The van der Waals surface area contributed by atoms with Crippen molar-refractivity contribution in [2.45, 2.75) is 13.0 Å². The number of nitrogens with two attached hydrogens (primary N) is 2. The van der Waals surface area contributed by atoms with E-state index in [1.54, 1.807) is 11.9 Å². The third-order valence-electron chi connectivity index (χ3n) is 3.97. The second-order valence-corrected chi connectivity index (χ2v) is 5.89. The van der Waals surface area contributed by atoms with Gasteiger partial charge in [0.05, 0.1) is 18.8 Å². The van der Waals surface area contributed by atoms with Gasteiger partial charge in [-0.2, -0.15) is 5.10 Å². The Hall–Kier alpha value is -3.07. The summed E-state index contributed by atoms with van der Waals surface area (Å²) in [6.07, 6.45) is 0.734. The number of carbonyl (C=O) groups excluding carboxylic acids is 1. The zero-order valence-corrected chi connectivity index (χ0v) is 14.1. The lowest BCUT2D eigenvalue weighted by Gasteiger charge is -2.27. The van der Waals surface area contributed by atoms with Crippen molar-refractivity contribution in [3.63, 3.8) is 0 Å². The summed E-state index contributed by atoms with van der Waals surface area (Å²) < 4.78 is 0. The molecule has 0 spiro atoms. The number of aromatic nitrogens is 2. The number of carbonyl (C=O) groups is 1. The van der Waals surface area contributed by atoms with Gasteiger partial charge in [0, 0.05) is 36.8 Å². The van der Waals surface area contributed by atoms with Gasteiger partial charge < -0.3 is 16.0 Å². The molecular weight excluding hydrogens is 320 g/mol. The number of H-pyrrole nitrogens is 1. The van der Waals surface area contributed by atoms with Crippen LogP contribution in [0.2, 0.25) is 0 Å². The van der Waals surface area contributed by atoms with Crippen molar-refractivity contribution in [3.8, 4) is 11.3 Å². The van der Waals surface area contributed by atoms with Gasteiger partial charge in [0.25, 0.3) is 0 Å². The molecule has 0 saturated heterocycles. The van der Waals surface area contributed by atoms with Crippen LogP contribution in [0.1, 0.15) is 11.3 Å². The van der Waals surface area contributed by atoms with E-state index in [2.05, 4.69) is 20.6 Å². The van der Waals surface area contributed by atoms with Gasteiger partial charge in [0.15, 0.2) is 0 Å². The highest BCUT2D eigenvalue weighted by atomic mass is 16.2. The number of urea groups is 1. The lowest BCUT2D eigenvalue weighted by Crippen LogP contribution is -2.45. The Morgan fingerprint density at radius 1 is 1.44 bits per heavy atom. The Kier molecular flexibility index (Phi) is 4.85. The summed E-state index contributed by atoms with van der Waals surface area (Å²) in [5.41, 5.74) is 9.74. The maximum Gasteiger partial charge on any atom is 0.318 e. The van der Waals surface area contributed by atoms with Crippen LogP contribution in [0, 0.1) is 0 Å². The third-order valence-corrected chi connectivity index (χ3v) is 3.97. The van der Waals surface area contributed by atoms with Gasteiger partial charge in [0.2, 0.25) is 0 Å². The fourth-order valence-corrected chi connectivity index (χ4v) is 2.82. The molecule has 0 aliphatic carbocycles. The molecule has 9 heteroatoms. The molecule has 1 aliphatic heterocycles. The number of hydrogen-bond donors (Lipinski definition) is 4. The molecule has 132 valence electrons. The Balaban J connectivity index is 1.69. The lowest BCUT2D eigenvalue weighted by atomic mass is 10.0. The van der Waals surface area contributed by atoms with Gasteiger partial charge in [-0.05, 0) is 0 Å². The van der Waals surface area contributed by atoms with Gasteiger partial charge in [0.1, 0.15) is 5.84 Å². The number of benzene rings is 1. The topological polar surface area (TPSA) is 129 Å². The molecule has 0 saturated carbocycles. The SMILES string of the molecule is CN(N)/N=C(\N)CNC(=O)N1CCc2[nH]nc(-c3ccccc3)c2C1. The van der Waals surface area contributed by atoms with Crippen LogP contribution in [-0.2, 0) is 13.0 Å². The molecular formula is C16H22N8O. The molecule has 2 aromatic rings. The first-order valence-electron chi connectivity index (χ1n) is 8.00. The van der Waals surface area contributed by atoms with Gasteiger partial charge in [-0.3, -0.25) is 5.10 Å². The molecule has 0 unspecified atom stereocenters. The van der Waals surface area contributed by atoms with E-state index in [0.29, 0.717) is 13.1 Å². The van der Waals surface area contributed by atoms with Crippen LogP contribution in [0.25, 0.3) is 11.3 Å². The van der Waals surface area contributed by atoms with Gasteiger partial charge in [-0.15, -0.1) is 5.10 Å². The predicted molar refractivity (Wildman–Crippen MR) is 95.1 cm³/mol. The number of amides is 2. The van der Waals surface area contributed by atoms with Crippen LogP contribution >= 0.6 is 0 Å². The summed E-state index contributed by atoms with van der Waals surface area (Å²) in [6, 6.07) is 9.74. The molecule has 9 nitrogen and oxygen atoms in total. The van der Waals surface area contributed by atoms with Gasteiger partial charge >= 0.3 is 6.03 Å². The monoisotopic (exact) mass is 342 g/mol. The molecule has 6 N–H and O–H groups in total. The molecule has 0 bridgehead atoms. The van der Waals surface area contributed by atoms with Crippen LogP contribution < -0.4 is 16.9 Å². The van der Waals surface area contributed by atoms with Crippen LogP contribution in [0.15, 0.2) is 35.4 Å². The molecule has 3 rings (SSSR count). The van der Waals surface area contributed by atoms with E-state index in [-0.39, 0.29) is 18.4 Å². The first-order chi connectivity index (χ1) is 12.0. The van der Waals surface area contributed by atoms with Crippen molar-refractivity contribution in [1.82, 2.24) is 25.5 Å². The highest BCUT2D eigenvalue weighted by molar-refractivity contribution is 5.86. The maximum atomic E-state index is 12.4. The van der Waals surface area contributed by atoms with E-state index in [9.17, 15) is 4.79 Å².